The minimum absolute atomic E-state index is 0.156. The van der Waals surface area contributed by atoms with E-state index in [2.05, 4.69) is 36.0 Å². The minimum Gasteiger partial charge on any atom is -0.369 e. The van der Waals surface area contributed by atoms with Crippen molar-refractivity contribution in [2.75, 3.05) is 41.8 Å². The molecular formula is C18H25N7O3S. The van der Waals surface area contributed by atoms with E-state index in [9.17, 15) is 13.2 Å². The number of aromatic nitrogens is 2. The molecule has 0 unspecified atom stereocenters. The van der Waals surface area contributed by atoms with Crippen molar-refractivity contribution in [1.29, 1.82) is 0 Å². The summed E-state index contributed by atoms with van der Waals surface area (Å²) >= 11 is 0. The van der Waals surface area contributed by atoms with Gasteiger partial charge in [-0.2, -0.15) is 4.98 Å². The molecule has 0 radical (unpaired) electrons. The van der Waals surface area contributed by atoms with E-state index in [0.29, 0.717) is 23.7 Å². The third-order valence-electron chi connectivity index (χ3n) is 4.23. The summed E-state index contributed by atoms with van der Waals surface area (Å²) in [6.45, 7) is 4.12. The van der Waals surface area contributed by atoms with Crippen LogP contribution in [0.5, 0.6) is 0 Å². The van der Waals surface area contributed by atoms with Crippen molar-refractivity contribution >= 4 is 33.5 Å². The van der Waals surface area contributed by atoms with Crippen molar-refractivity contribution in [2.24, 2.45) is 0 Å². The number of urea groups is 1. The average molecular weight is 420 g/mol. The van der Waals surface area contributed by atoms with Crippen LogP contribution in [0.3, 0.4) is 0 Å². The fourth-order valence-electron chi connectivity index (χ4n) is 2.96. The summed E-state index contributed by atoms with van der Waals surface area (Å²) in [4.78, 5) is 20.8. The van der Waals surface area contributed by atoms with Crippen LogP contribution in [-0.2, 0) is 23.0 Å². The van der Waals surface area contributed by atoms with Gasteiger partial charge in [-0.3, -0.25) is 5.32 Å². The Balaban J connectivity index is 1.57. The van der Waals surface area contributed by atoms with Crippen LogP contribution in [0.1, 0.15) is 16.8 Å². The van der Waals surface area contributed by atoms with Gasteiger partial charge in [0, 0.05) is 37.1 Å². The second-order valence-electron chi connectivity index (χ2n) is 6.80. The summed E-state index contributed by atoms with van der Waals surface area (Å²) in [5.41, 5.74) is 3.84. The first-order valence-electron chi connectivity index (χ1n) is 9.23. The molecule has 0 atom stereocenters. The molecule has 29 heavy (non-hydrogen) atoms. The lowest BCUT2D eigenvalue weighted by Gasteiger charge is -2.18. The van der Waals surface area contributed by atoms with Gasteiger partial charge < -0.3 is 16.0 Å². The molecule has 0 saturated carbocycles. The molecule has 0 aliphatic carbocycles. The van der Waals surface area contributed by atoms with E-state index in [4.69, 9.17) is 0 Å². The van der Waals surface area contributed by atoms with Gasteiger partial charge in [0.2, 0.25) is 16.0 Å². The quantitative estimate of drug-likeness (QED) is 0.423. The molecule has 0 bridgehead atoms. The van der Waals surface area contributed by atoms with Crippen LogP contribution in [0, 0.1) is 6.92 Å². The largest absolute Gasteiger partial charge is 0.369 e. The smallest absolute Gasteiger partial charge is 0.326 e. The lowest BCUT2D eigenvalue weighted by atomic mass is 10.0. The maximum absolute atomic E-state index is 12.3. The number of nitrogens with zero attached hydrogens (tertiary/aromatic N) is 2. The summed E-state index contributed by atoms with van der Waals surface area (Å²) in [6.07, 6.45) is 2.03. The van der Waals surface area contributed by atoms with Gasteiger partial charge in [-0.1, -0.05) is 6.07 Å². The van der Waals surface area contributed by atoms with Crippen LogP contribution in [-0.4, -0.2) is 50.3 Å². The fraction of sp³-hybridized carbons (Fsp3) is 0.389. The normalized spacial score (nSPS) is 13.4. The van der Waals surface area contributed by atoms with Crippen LogP contribution in [0.25, 0.3) is 0 Å². The molecule has 2 heterocycles. The SMILES string of the molecule is Cc1cc(NCCNS(C)(=O)=O)nc(NC(=O)Nc2ccc3c(c2)CCNC3)n1. The second-order valence-corrected chi connectivity index (χ2v) is 8.63. The first-order chi connectivity index (χ1) is 13.8. The van der Waals surface area contributed by atoms with Crippen molar-refractivity contribution in [2.45, 2.75) is 19.9 Å². The van der Waals surface area contributed by atoms with Gasteiger partial charge >= 0.3 is 6.03 Å². The molecule has 3 rings (SSSR count). The number of carbonyl (C=O) groups excluding carboxylic acids is 1. The van der Waals surface area contributed by atoms with Gasteiger partial charge in [0.15, 0.2) is 0 Å². The molecule has 10 nitrogen and oxygen atoms in total. The first-order valence-corrected chi connectivity index (χ1v) is 11.1. The minimum atomic E-state index is -3.24. The predicted molar refractivity (Wildman–Crippen MR) is 113 cm³/mol. The highest BCUT2D eigenvalue weighted by Gasteiger charge is 2.11. The van der Waals surface area contributed by atoms with Crippen molar-refractivity contribution in [3.8, 4) is 0 Å². The average Bonchev–Trinajstić information content (AvgIpc) is 2.64. The van der Waals surface area contributed by atoms with Crippen LogP contribution >= 0.6 is 0 Å². The number of carbonyl (C=O) groups is 1. The molecule has 156 valence electrons. The Labute approximate surface area is 170 Å². The zero-order valence-corrected chi connectivity index (χ0v) is 17.2. The van der Waals surface area contributed by atoms with E-state index in [1.807, 2.05) is 18.2 Å². The van der Waals surface area contributed by atoms with E-state index < -0.39 is 16.1 Å². The number of aryl methyl sites for hydroxylation is 1. The third-order valence-corrected chi connectivity index (χ3v) is 4.95. The van der Waals surface area contributed by atoms with Crippen LogP contribution in [0.2, 0.25) is 0 Å². The monoisotopic (exact) mass is 419 g/mol. The van der Waals surface area contributed by atoms with Gasteiger partial charge in [0.05, 0.1) is 6.26 Å². The molecular weight excluding hydrogens is 394 g/mol. The maximum atomic E-state index is 12.3. The van der Waals surface area contributed by atoms with Crippen molar-refractivity contribution < 1.29 is 13.2 Å². The Morgan fingerprint density at radius 2 is 1.97 bits per heavy atom. The Morgan fingerprint density at radius 1 is 1.14 bits per heavy atom. The molecule has 1 aromatic carbocycles. The first kappa shape index (κ1) is 21.0. The van der Waals surface area contributed by atoms with Crippen molar-refractivity contribution in [1.82, 2.24) is 20.0 Å². The second kappa shape index (κ2) is 9.16. The van der Waals surface area contributed by atoms with Gasteiger partial charge in [-0.15, -0.1) is 0 Å². The standard InChI is InChI=1S/C18H25N7O3S/c1-12-9-16(20-7-8-21-29(2,27)28)24-17(22-12)25-18(26)23-15-4-3-14-11-19-6-5-13(14)10-15/h3-4,9-10,19,21H,5-8,11H2,1-2H3,(H3,20,22,23,24,25,26). The lowest BCUT2D eigenvalue weighted by molar-refractivity contribution is 0.262. The number of benzene rings is 1. The van der Waals surface area contributed by atoms with E-state index >= 15 is 0 Å². The zero-order chi connectivity index (χ0) is 20.9. The Bertz CT molecular complexity index is 995. The van der Waals surface area contributed by atoms with Crippen LogP contribution in [0.15, 0.2) is 24.3 Å². The van der Waals surface area contributed by atoms with Gasteiger partial charge in [-0.25, -0.2) is 22.9 Å². The molecule has 2 aromatic rings. The number of amides is 2. The molecule has 0 fully saturated rings. The van der Waals surface area contributed by atoms with Gasteiger partial charge in [-0.05, 0) is 43.1 Å². The van der Waals surface area contributed by atoms with E-state index in [-0.39, 0.29) is 12.5 Å². The molecule has 1 aliphatic rings. The van der Waals surface area contributed by atoms with Crippen molar-refractivity contribution in [3.05, 3.63) is 41.1 Å². The van der Waals surface area contributed by atoms with E-state index in [0.717, 1.165) is 25.8 Å². The molecule has 5 N–H and O–H groups in total. The summed E-state index contributed by atoms with van der Waals surface area (Å²) < 4.78 is 24.5. The lowest BCUT2D eigenvalue weighted by Crippen LogP contribution is -2.28. The number of sulfonamides is 1. The number of hydrogen-bond acceptors (Lipinski definition) is 7. The molecule has 1 aliphatic heterocycles. The molecule has 0 saturated heterocycles. The Hall–Kier alpha value is -2.76. The summed E-state index contributed by atoms with van der Waals surface area (Å²) in [5, 5.41) is 11.7. The summed E-state index contributed by atoms with van der Waals surface area (Å²) in [6, 6.07) is 7.13. The summed E-state index contributed by atoms with van der Waals surface area (Å²) in [7, 11) is -3.24. The van der Waals surface area contributed by atoms with Gasteiger partial charge in [0.1, 0.15) is 5.82 Å². The summed E-state index contributed by atoms with van der Waals surface area (Å²) in [5.74, 6) is 0.646. The number of hydrogen-bond donors (Lipinski definition) is 5. The number of anilines is 3. The van der Waals surface area contributed by atoms with E-state index in [1.165, 1.54) is 11.1 Å². The molecule has 1 aromatic heterocycles. The Morgan fingerprint density at radius 3 is 2.76 bits per heavy atom. The topological polar surface area (TPSA) is 137 Å². The number of nitrogens with one attached hydrogen (secondary N) is 5. The highest BCUT2D eigenvalue weighted by atomic mass is 32.2. The number of fused-ring (bicyclic) bond motifs is 1. The highest BCUT2D eigenvalue weighted by Crippen LogP contribution is 2.19. The number of rotatable bonds is 7. The highest BCUT2D eigenvalue weighted by molar-refractivity contribution is 7.88. The fourth-order valence-corrected chi connectivity index (χ4v) is 3.43. The van der Waals surface area contributed by atoms with E-state index in [1.54, 1.807) is 13.0 Å². The van der Waals surface area contributed by atoms with Crippen LogP contribution < -0.4 is 26.0 Å². The maximum Gasteiger partial charge on any atom is 0.326 e. The molecule has 2 amide bonds. The molecule has 11 heteroatoms. The van der Waals surface area contributed by atoms with Crippen molar-refractivity contribution in [3.63, 3.8) is 0 Å². The van der Waals surface area contributed by atoms with Crippen LogP contribution in [0.4, 0.5) is 22.2 Å². The third kappa shape index (κ3) is 6.66. The zero-order valence-electron chi connectivity index (χ0n) is 16.4. The predicted octanol–water partition coefficient (Wildman–Crippen LogP) is 1.04. The molecule has 0 spiro atoms. The van der Waals surface area contributed by atoms with Gasteiger partial charge in [0.25, 0.3) is 0 Å². The Kier molecular flexibility index (Phi) is 6.62.